The molecule has 0 aliphatic carbocycles. The van der Waals surface area contributed by atoms with Gasteiger partial charge in [-0.2, -0.15) is 0 Å². The quantitative estimate of drug-likeness (QED) is 0.432. The molecule has 0 atom stereocenters. The highest BCUT2D eigenvalue weighted by molar-refractivity contribution is 6.30. The summed E-state index contributed by atoms with van der Waals surface area (Å²) in [4.78, 5) is 23.9. The van der Waals surface area contributed by atoms with E-state index < -0.39 is 0 Å². The number of imidazole rings is 2. The highest BCUT2D eigenvalue weighted by Crippen LogP contribution is 2.17. The lowest BCUT2D eigenvalue weighted by molar-refractivity contribution is 0.204. The topological polar surface area (TPSA) is 66.9 Å². The standard InChI is InChI=1S/C23H19ClN6O/c24-17-7-9-18(10-8-17)27-23(31)28(15-19-13-25-21-5-1-3-11-29(19)21)16-20-14-26-22-6-2-4-12-30(20)22/h1-14H,15-16H2,(H,27,31). The zero-order chi connectivity index (χ0) is 21.2. The van der Waals surface area contributed by atoms with Gasteiger partial charge in [0.15, 0.2) is 0 Å². The second-order valence-electron chi connectivity index (χ2n) is 7.15. The van der Waals surface area contributed by atoms with Crippen LogP contribution in [0.1, 0.15) is 11.4 Å². The molecule has 7 nitrogen and oxygen atoms in total. The van der Waals surface area contributed by atoms with E-state index in [-0.39, 0.29) is 6.03 Å². The molecule has 4 aromatic heterocycles. The van der Waals surface area contributed by atoms with Gasteiger partial charge in [-0.15, -0.1) is 0 Å². The highest BCUT2D eigenvalue weighted by Gasteiger charge is 2.19. The van der Waals surface area contributed by atoms with Gasteiger partial charge < -0.3 is 19.0 Å². The smallest absolute Gasteiger partial charge is 0.313 e. The zero-order valence-electron chi connectivity index (χ0n) is 16.5. The van der Waals surface area contributed by atoms with Crippen molar-refractivity contribution in [3.8, 4) is 0 Å². The summed E-state index contributed by atoms with van der Waals surface area (Å²) in [6, 6.07) is 18.5. The van der Waals surface area contributed by atoms with Crippen LogP contribution in [0.4, 0.5) is 10.5 Å². The Labute approximate surface area is 183 Å². The molecule has 0 aliphatic rings. The second kappa shape index (κ2) is 8.12. The number of fused-ring (bicyclic) bond motifs is 2. The summed E-state index contributed by atoms with van der Waals surface area (Å²) in [7, 11) is 0. The number of urea groups is 1. The molecular weight excluding hydrogens is 412 g/mol. The van der Waals surface area contributed by atoms with Crippen molar-refractivity contribution in [2.24, 2.45) is 0 Å². The van der Waals surface area contributed by atoms with E-state index in [9.17, 15) is 4.79 Å². The lowest BCUT2D eigenvalue weighted by Crippen LogP contribution is -2.34. The molecule has 0 unspecified atom stereocenters. The molecule has 0 saturated heterocycles. The predicted octanol–water partition coefficient (Wildman–Crippen LogP) is 4.87. The van der Waals surface area contributed by atoms with Gasteiger partial charge in [0.1, 0.15) is 11.3 Å². The number of rotatable bonds is 5. The molecule has 0 aliphatic heterocycles. The minimum atomic E-state index is -0.223. The molecule has 8 heteroatoms. The van der Waals surface area contributed by atoms with E-state index in [4.69, 9.17) is 11.6 Å². The Hall–Kier alpha value is -3.84. The number of nitrogens with zero attached hydrogens (tertiary/aromatic N) is 5. The summed E-state index contributed by atoms with van der Waals surface area (Å²) in [5, 5.41) is 3.58. The monoisotopic (exact) mass is 430 g/mol. The predicted molar refractivity (Wildman–Crippen MR) is 120 cm³/mol. The van der Waals surface area contributed by atoms with Crippen molar-refractivity contribution >= 4 is 34.6 Å². The first-order valence-electron chi connectivity index (χ1n) is 9.81. The van der Waals surface area contributed by atoms with Crippen molar-refractivity contribution in [3.05, 3.63) is 102 Å². The maximum Gasteiger partial charge on any atom is 0.322 e. The zero-order valence-corrected chi connectivity index (χ0v) is 17.3. The van der Waals surface area contributed by atoms with Gasteiger partial charge in [-0.3, -0.25) is 0 Å². The minimum Gasteiger partial charge on any atom is -0.313 e. The van der Waals surface area contributed by atoms with Crippen LogP contribution in [0.3, 0.4) is 0 Å². The normalized spacial score (nSPS) is 11.1. The molecule has 4 heterocycles. The first kappa shape index (κ1) is 19.1. The third-order valence-corrected chi connectivity index (χ3v) is 5.33. The highest BCUT2D eigenvalue weighted by atomic mass is 35.5. The number of nitrogens with one attached hydrogen (secondary N) is 1. The van der Waals surface area contributed by atoms with Crippen LogP contribution in [0.5, 0.6) is 0 Å². The summed E-state index contributed by atoms with van der Waals surface area (Å²) >= 11 is 5.97. The lowest BCUT2D eigenvalue weighted by atomic mass is 10.3. The molecule has 1 N–H and O–H groups in total. The van der Waals surface area contributed by atoms with Gasteiger partial charge in [0.2, 0.25) is 0 Å². The first-order chi connectivity index (χ1) is 15.2. The van der Waals surface area contributed by atoms with Gasteiger partial charge >= 0.3 is 6.03 Å². The molecule has 0 saturated carbocycles. The molecule has 154 valence electrons. The number of carbonyl (C=O) groups is 1. The van der Waals surface area contributed by atoms with Gasteiger partial charge in [0.25, 0.3) is 0 Å². The summed E-state index contributed by atoms with van der Waals surface area (Å²) in [5.74, 6) is 0. The Balaban J connectivity index is 1.46. The van der Waals surface area contributed by atoms with Gasteiger partial charge in [0.05, 0.1) is 36.9 Å². The summed E-state index contributed by atoms with van der Waals surface area (Å²) < 4.78 is 3.97. The maximum atomic E-state index is 13.2. The van der Waals surface area contributed by atoms with E-state index in [1.807, 2.05) is 57.6 Å². The Morgan fingerprint density at radius 2 is 1.39 bits per heavy atom. The van der Waals surface area contributed by atoms with Crippen molar-refractivity contribution in [1.82, 2.24) is 23.7 Å². The van der Waals surface area contributed by atoms with E-state index in [1.165, 1.54) is 0 Å². The number of carbonyl (C=O) groups excluding carboxylic acids is 1. The van der Waals surface area contributed by atoms with E-state index in [0.717, 1.165) is 22.7 Å². The summed E-state index contributed by atoms with van der Waals surface area (Å²) in [5.41, 5.74) is 4.18. The SMILES string of the molecule is O=C(Nc1ccc(Cl)cc1)N(Cc1cnc2ccccn12)Cc1cnc2ccccn12. The number of hydrogen-bond acceptors (Lipinski definition) is 3. The van der Waals surface area contributed by atoms with Gasteiger partial charge in [-0.05, 0) is 48.5 Å². The lowest BCUT2D eigenvalue weighted by Gasteiger charge is -2.23. The van der Waals surface area contributed by atoms with Crippen LogP contribution in [0.2, 0.25) is 5.02 Å². The minimum absolute atomic E-state index is 0.223. The van der Waals surface area contributed by atoms with Crippen LogP contribution in [0.15, 0.2) is 85.5 Å². The fourth-order valence-corrected chi connectivity index (χ4v) is 3.66. The number of amides is 2. The Bertz CT molecular complexity index is 1280. The van der Waals surface area contributed by atoms with E-state index in [1.54, 1.807) is 41.6 Å². The van der Waals surface area contributed by atoms with Crippen LogP contribution in [-0.4, -0.2) is 29.7 Å². The number of pyridine rings is 2. The maximum absolute atomic E-state index is 13.2. The van der Waals surface area contributed by atoms with E-state index in [0.29, 0.717) is 23.8 Å². The average Bonchev–Trinajstić information content (AvgIpc) is 3.39. The van der Waals surface area contributed by atoms with Gasteiger partial charge in [0, 0.05) is 23.1 Å². The molecule has 1 aromatic carbocycles. The largest absolute Gasteiger partial charge is 0.322 e. The number of halogens is 1. The van der Waals surface area contributed by atoms with Crippen LogP contribution in [-0.2, 0) is 13.1 Å². The number of anilines is 1. The molecule has 2 amide bonds. The van der Waals surface area contributed by atoms with Crippen molar-refractivity contribution in [2.75, 3.05) is 5.32 Å². The van der Waals surface area contributed by atoms with E-state index >= 15 is 0 Å². The Morgan fingerprint density at radius 1 is 0.839 bits per heavy atom. The third-order valence-electron chi connectivity index (χ3n) is 5.08. The van der Waals surface area contributed by atoms with Gasteiger partial charge in [-0.1, -0.05) is 23.7 Å². The van der Waals surface area contributed by atoms with Crippen LogP contribution in [0.25, 0.3) is 11.3 Å². The Kier molecular flexibility index (Phi) is 5.01. The summed E-state index contributed by atoms with van der Waals surface area (Å²) in [6.45, 7) is 0.759. The van der Waals surface area contributed by atoms with E-state index in [2.05, 4.69) is 15.3 Å². The molecule has 0 fully saturated rings. The van der Waals surface area contributed by atoms with Crippen molar-refractivity contribution < 1.29 is 4.79 Å². The number of aromatic nitrogens is 4. The fourth-order valence-electron chi connectivity index (χ4n) is 3.53. The molecule has 0 bridgehead atoms. The molecule has 31 heavy (non-hydrogen) atoms. The second-order valence-corrected chi connectivity index (χ2v) is 7.59. The fraction of sp³-hybridized carbons (Fsp3) is 0.0870. The molecule has 5 rings (SSSR count). The van der Waals surface area contributed by atoms with Gasteiger partial charge in [-0.25, -0.2) is 14.8 Å². The average molecular weight is 431 g/mol. The van der Waals surface area contributed by atoms with Crippen molar-refractivity contribution in [1.29, 1.82) is 0 Å². The molecule has 0 spiro atoms. The summed E-state index contributed by atoms with van der Waals surface area (Å²) in [6.07, 6.45) is 7.49. The number of benzene rings is 1. The third kappa shape index (κ3) is 3.95. The Morgan fingerprint density at radius 3 is 1.94 bits per heavy atom. The van der Waals surface area contributed by atoms with Crippen molar-refractivity contribution in [2.45, 2.75) is 13.1 Å². The molecular formula is C23H19ClN6O. The first-order valence-corrected chi connectivity index (χ1v) is 10.2. The molecule has 0 radical (unpaired) electrons. The van der Waals surface area contributed by atoms with Crippen molar-refractivity contribution in [3.63, 3.8) is 0 Å². The van der Waals surface area contributed by atoms with Crippen LogP contribution in [0, 0.1) is 0 Å². The van der Waals surface area contributed by atoms with Crippen LogP contribution >= 0.6 is 11.6 Å². The number of hydrogen-bond donors (Lipinski definition) is 1. The molecule has 5 aromatic rings. The van der Waals surface area contributed by atoms with Crippen LogP contribution < -0.4 is 5.32 Å².